The number of nitrogens with two attached hydrogens (primary N) is 1. The molecule has 2 unspecified atom stereocenters. The Hall–Kier alpha value is -1.71. The van der Waals surface area contributed by atoms with Gasteiger partial charge in [0, 0.05) is 6.04 Å². The molecule has 1 aromatic carbocycles. The highest BCUT2D eigenvalue weighted by Crippen LogP contribution is 2.45. The van der Waals surface area contributed by atoms with E-state index in [0.717, 1.165) is 31.6 Å². The van der Waals surface area contributed by atoms with Crippen molar-refractivity contribution in [2.45, 2.75) is 51.1 Å². The van der Waals surface area contributed by atoms with Gasteiger partial charge in [-0.05, 0) is 55.9 Å². The second-order valence-corrected chi connectivity index (χ2v) is 6.21. The monoisotopic (exact) mass is 287 g/mol. The molecule has 0 saturated carbocycles. The van der Waals surface area contributed by atoms with Crippen LogP contribution in [0.4, 0.5) is 0 Å². The quantitative estimate of drug-likeness (QED) is 0.930. The number of hydrogen-bond donors (Lipinski definition) is 1. The maximum atomic E-state index is 6.23. The van der Waals surface area contributed by atoms with E-state index in [1.807, 2.05) is 0 Å². The van der Waals surface area contributed by atoms with Gasteiger partial charge in [0.2, 0.25) is 0 Å². The van der Waals surface area contributed by atoms with Crippen molar-refractivity contribution < 1.29 is 4.74 Å². The summed E-state index contributed by atoms with van der Waals surface area (Å²) in [5.41, 5.74) is 8.94. The lowest BCUT2D eigenvalue weighted by molar-refractivity contribution is 0.130. The van der Waals surface area contributed by atoms with Gasteiger partial charge in [0.25, 0.3) is 0 Å². The first kappa shape index (κ1) is 14.2. The summed E-state index contributed by atoms with van der Waals surface area (Å²) in [6, 6.07) is 6.86. The van der Waals surface area contributed by atoms with Crippen LogP contribution in [0.2, 0.25) is 0 Å². The third kappa shape index (κ3) is 2.08. The Bertz CT molecular complexity index is 569. The Morgan fingerprint density at radius 3 is 3.00 bits per heavy atom. The Labute approximate surface area is 127 Å². The van der Waals surface area contributed by atoms with Crippen LogP contribution in [0.25, 0.3) is 0 Å². The molecule has 1 aliphatic carbocycles. The number of aliphatic imine (C=N–C) groups is 1. The number of benzene rings is 1. The third-order valence-electron chi connectivity index (χ3n) is 5.10. The van der Waals surface area contributed by atoms with Gasteiger partial charge in [-0.1, -0.05) is 13.0 Å². The zero-order valence-electron chi connectivity index (χ0n) is 13.2. The van der Waals surface area contributed by atoms with Gasteiger partial charge in [0.15, 0.2) is 5.96 Å². The summed E-state index contributed by atoms with van der Waals surface area (Å²) in [7, 11) is 1.73. The molecule has 0 amide bonds. The van der Waals surface area contributed by atoms with Gasteiger partial charge in [0.05, 0.1) is 19.2 Å². The number of fused-ring (bicyclic) bond motifs is 2. The average Bonchev–Trinajstić information content (AvgIpc) is 2.84. The number of aryl methyl sites for hydroxylation is 1. The smallest absolute Gasteiger partial charge is 0.192 e. The Morgan fingerprint density at radius 1 is 1.48 bits per heavy atom. The summed E-state index contributed by atoms with van der Waals surface area (Å²) in [6.07, 6.45) is 4.50. The molecule has 0 aromatic heterocycles. The van der Waals surface area contributed by atoms with Crippen molar-refractivity contribution in [1.29, 1.82) is 0 Å². The Balaban J connectivity index is 2.11. The molecule has 1 aliphatic heterocycles. The van der Waals surface area contributed by atoms with E-state index >= 15 is 0 Å². The predicted molar refractivity (Wildman–Crippen MR) is 85.7 cm³/mol. The van der Waals surface area contributed by atoms with E-state index in [1.54, 1.807) is 7.11 Å². The molecule has 1 spiro atoms. The maximum absolute atomic E-state index is 6.23. The van der Waals surface area contributed by atoms with Gasteiger partial charge in [-0.25, -0.2) is 0 Å². The van der Waals surface area contributed by atoms with E-state index in [9.17, 15) is 0 Å². The van der Waals surface area contributed by atoms with Gasteiger partial charge in [0.1, 0.15) is 5.75 Å². The van der Waals surface area contributed by atoms with Crippen molar-refractivity contribution in [3.05, 3.63) is 29.3 Å². The molecule has 114 valence electrons. The van der Waals surface area contributed by atoms with Crippen molar-refractivity contribution in [1.82, 2.24) is 4.90 Å². The second kappa shape index (κ2) is 5.24. The maximum Gasteiger partial charge on any atom is 0.192 e. The van der Waals surface area contributed by atoms with Crippen molar-refractivity contribution >= 4 is 5.96 Å². The van der Waals surface area contributed by atoms with Crippen LogP contribution in [0.3, 0.4) is 0 Å². The van der Waals surface area contributed by atoms with Crippen molar-refractivity contribution in [3.8, 4) is 5.75 Å². The van der Waals surface area contributed by atoms with Crippen molar-refractivity contribution in [3.63, 3.8) is 0 Å². The van der Waals surface area contributed by atoms with Crippen LogP contribution >= 0.6 is 0 Å². The first-order chi connectivity index (χ1) is 10.1. The fourth-order valence-corrected chi connectivity index (χ4v) is 3.87. The molecule has 4 heteroatoms. The number of nitrogens with zero attached hydrogens (tertiary/aromatic N) is 2. The topological polar surface area (TPSA) is 50.8 Å². The van der Waals surface area contributed by atoms with Gasteiger partial charge in [-0.2, -0.15) is 0 Å². The molecular weight excluding hydrogens is 262 g/mol. The lowest BCUT2D eigenvalue weighted by Gasteiger charge is -2.46. The minimum atomic E-state index is -0.0678. The van der Waals surface area contributed by atoms with Gasteiger partial charge >= 0.3 is 0 Å². The van der Waals surface area contributed by atoms with Gasteiger partial charge < -0.3 is 15.4 Å². The number of methoxy groups -OCH3 is 1. The lowest BCUT2D eigenvalue weighted by atomic mass is 9.75. The summed E-state index contributed by atoms with van der Waals surface area (Å²) in [6.45, 7) is 5.21. The molecule has 2 atom stereocenters. The molecule has 4 nitrogen and oxygen atoms in total. The van der Waals surface area contributed by atoms with Crippen LogP contribution in [-0.2, 0) is 12.0 Å². The molecule has 0 saturated heterocycles. The predicted octanol–water partition coefficient (Wildman–Crippen LogP) is 2.66. The van der Waals surface area contributed by atoms with Crippen molar-refractivity contribution in [2.75, 3.05) is 13.7 Å². The molecule has 2 N–H and O–H groups in total. The average molecular weight is 287 g/mol. The molecule has 0 bridgehead atoms. The van der Waals surface area contributed by atoms with Crippen LogP contribution in [0.5, 0.6) is 5.75 Å². The van der Waals surface area contributed by atoms with Crippen LogP contribution in [0.1, 0.15) is 44.2 Å². The molecule has 0 fully saturated rings. The number of guanidine groups is 1. The highest BCUT2D eigenvalue weighted by Gasteiger charge is 2.47. The fourth-order valence-electron chi connectivity index (χ4n) is 3.87. The molecular formula is C17H25N3O. The first-order valence-corrected chi connectivity index (χ1v) is 7.89. The van der Waals surface area contributed by atoms with Crippen molar-refractivity contribution in [2.24, 2.45) is 10.7 Å². The fraction of sp³-hybridized carbons (Fsp3) is 0.588. The van der Waals surface area contributed by atoms with Crippen LogP contribution in [0.15, 0.2) is 23.2 Å². The summed E-state index contributed by atoms with van der Waals surface area (Å²) < 4.78 is 5.44. The highest BCUT2D eigenvalue weighted by molar-refractivity contribution is 5.82. The molecule has 0 radical (unpaired) electrons. The number of hydrogen-bond acceptors (Lipinski definition) is 4. The largest absolute Gasteiger partial charge is 0.497 e. The summed E-state index contributed by atoms with van der Waals surface area (Å²) >= 11 is 0. The highest BCUT2D eigenvalue weighted by atomic mass is 16.5. The summed E-state index contributed by atoms with van der Waals surface area (Å²) in [5, 5.41) is 0. The molecule has 21 heavy (non-hydrogen) atoms. The second-order valence-electron chi connectivity index (χ2n) is 6.21. The molecule has 1 heterocycles. The van der Waals surface area contributed by atoms with E-state index in [4.69, 9.17) is 10.5 Å². The normalized spacial score (nSPS) is 25.7. The lowest BCUT2D eigenvalue weighted by Crippen LogP contribution is -2.54. The number of ether oxygens (including phenoxy) is 1. The third-order valence-corrected chi connectivity index (χ3v) is 5.10. The van der Waals surface area contributed by atoms with Gasteiger partial charge in [-0.3, -0.25) is 4.99 Å². The van der Waals surface area contributed by atoms with E-state index in [2.05, 4.69) is 41.9 Å². The van der Waals surface area contributed by atoms with Crippen LogP contribution in [0, 0.1) is 0 Å². The standard InChI is InChI=1S/C17H25N3O/c1-4-12(2)20-16(18)19-11-17(20)9-5-6-13-7-8-14(21-3)10-15(13)17/h7-8,10,12H,4-6,9,11H2,1-3H3,(H2,18,19). The first-order valence-electron chi connectivity index (χ1n) is 7.89. The molecule has 3 rings (SSSR count). The number of rotatable bonds is 3. The van der Waals surface area contributed by atoms with Crippen LogP contribution < -0.4 is 10.5 Å². The summed E-state index contributed by atoms with van der Waals surface area (Å²) in [5.74, 6) is 1.62. The zero-order valence-corrected chi connectivity index (χ0v) is 13.2. The summed E-state index contributed by atoms with van der Waals surface area (Å²) in [4.78, 5) is 6.95. The zero-order chi connectivity index (χ0) is 15.0. The molecule has 1 aromatic rings. The Kier molecular flexibility index (Phi) is 3.56. The molecule has 2 aliphatic rings. The SMILES string of the molecule is CCC(C)N1C(N)=NCC12CCCc1ccc(OC)cc12. The Morgan fingerprint density at radius 2 is 2.29 bits per heavy atom. The van der Waals surface area contributed by atoms with E-state index in [-0.39, 0.29) is 5.54 Å². The van der Waals surface area contributed by atoms with Crippen LogP contribution in [-0.4, -0.2) is 30.6 Å². The van der Waals surface area contributed by atoms with E-state index < -0.39 is 0 Å². The van der Waals surface area contributed by atoms with E-state index in [1.165, 1.54) is 17.5 Å². The van der Waals surface area contributed by atoms with E-state index in [0.29, 0.717) is 12.0 Å². The minimum absolute atomic E-state index is 0.0678. The minimum Gasteiger partial charge on any atom is -0.497 e. The van der Waals surface area contributed by atoms with Gasteiger partial charge in [-0.15, -0.1) is 0 Å².